The third-order valence-electron chi connectivity index (χ3n) is 6.60. The predicted molar refractivity (Wildman–Crippen MR) is 99.2 cm³/mol. The molecule has 4 nitrogen and oxygen atoms in total. The lowest BCUT2D eigenvalue weighted by molar-refractivity contribution is -0.123. The van der Waals surface area contributed by atoms with Crippen molar-refractivity contribution in [3.8, 4) is 0 Å². The van der Waals surface area contributed by atoms with Crippen LogP contribution in [0.3, 0.4) is 0 Å². The van der Waals surface area contributed by atoms with Gasteiger partial charge in [0.05, 0.1) is 0 Å². The highest BCUT2D eigenvalue weighted by Crippen LogP contribution is 2.55. The van der Waals surface area contributed by atoms with Gasteiger partial charge >= 0.3 is 0 Å². The molecular formula is C21H30N2O2. The number of carbonyl (C=O) groups excluding carboxylic acids is 1. The number of anilines is 1. The molecule has 136 valence electrons. The first-order valence-electron chi connectivity index (χ1n) is 9.98. The van der Waals surface area contributed by atoms with Gasteiger partial charge in [-0.15, -0.1) is 0 Å². The van der Waals surface area contributed by atoms with Crippen molar-refractivity contribution in [2.24, 2.45) is 23.7 Å². The second kappa shape index (κ2) is 7.36. The summed E-state index contributed by atoms with van der Waals surface area (Å²) >= 11 is 0. The van der Waals surface area contributed by atoms with E-state index in [-0.39, 0.29) is 5.91 Å². The predicted octanol–water partition coefficient (Wildman–Crippen LogP) is 2.95. The zero-order valence-corrected chi connectivity index (χ0v) is 15.0. The van der Waals surface area contributed by atoms with E-state index in [1.54, 1.807) is 0 Å². The fraction of sp³-hybridized carbons (Fsp3) is 0.667. The van der Waals surface area contributed by atoms with Gasteiger partial charge in [0.15, 0.2) is 0 Å². The van der Waals surface area contributed by atoms with Gasteiger partial charge in [0, 0.05) is 37.8 Å². The van der Waals surface area contributed by atoms with Crippen LogP contribution in [-0.2, 0) is 11.3 Å². The Morgan fingerprint density at radius 1 is 1.04 bits per heavy atom. The number of hydrogen-bond donors (Lipinski definition) is 2. The third kappa shape index (κ3) is 3.69. The fourth-order valence-corrected chi connectivity index (χ4v) is 4.89. The van der Waals surface area contributed by atoms with Crippen molar-refractivity contribution in [1.29, 1.82) is 0 Å². The Hall–Kier alpha value is -1.55. The molecule has 0 radical (unpaired) electrons. The van der Waals surface area contributed by atoms with Gasteiger partial charge in [-0.3, -0.25) is 4.79 Å². The number of nitrogens with zero attached hydrogens (tertiary/aromatic N) is 1. The first-order chi connectivity index (χ1) is 12.3. The van der Waals surface area contributed by atoms with Crippen molar-refractivity contribution in [2.45, 2.75) is 45.1 Å². The molecule has 4 heteroatoms. The summed E-state index contributed by atoms with van der Waals surface area (Å²) in [6.45, 7) is 2.99. The second-order valence-electron chi connectivity index (χ2n) is 8.14. The van der Waals surface area contributed by atoms with Crippen LogP contribution in [-0.4, -0.2) is 30.7 Å². The molecule has 0 aromatic heterocycles. The van der Waals surface area contributed by atoms with E-state index >= 15 is 0 Å². The average Bonchev–Trinajstić information content (AvgIpc) is 3.41. The zero-order valence-electron chi connectivity index (χ0n) is 15.0. The number of fused-ring (bicyclic) bond motifs is 1. The highest BCUT2D eigenvalue weighted by molar-refractivity contribution is 5.82. The Labute approximate surface area is 150 Å². The Bertz CT molecular complexity index is 580. The minimum absolute atomic E-state index is 0.270. The highest BCUT2D eigenvalue weighted by atomic mass is 16.3. The van der Waals surface area contributed by atoms with E-state index in [1.807, 2.05) is 0 Å². The molecule has 1 aromatic rings. The van der Waals surface area contributed by atoms with Crippen molar-refractivity contribution in [3.63, 3.8) is 0 Å². The average molecular weight is 342 g/mol. The lowest BCUT2D eigenvalue weighted by Crippen LogP contribution is -2.34. The molecule has 3 aliphatic rings. The van der Waals surface area contributed by atoms with Crippen LogP contribution in [0.25, 0.3) is 0 Å². The Balaban J connectivity index is 1.26. The van der Waals surface area contributed by atoms with Crippen molar-refractivity contribution in [2.75, 3.05) is 24.6 Å². The van der Waals surface area contributed by atoms with Crippen LogP contribution >= 0.6 is 0 Å². The van der Waals surface area contributed by atoms with E-state index in [4.69, 9.17) is 0 Å². The fourth-order valence-electron chi connectivity index (χ4n) is 4.89. The molecule has 2 unspecified atom stereocenters. The van der Waals surface area contributed by atoms with Crippen LogP contribution < -0.4 is 10.2 Å². The molecule has 2 aliphatic carbocycles. The lowest BCUT2D eigenvalue weighted by atomic mass is 9.97. The van der Waals surface area contributed by atoms with Crippen molar-refractivity contribution in [3.05, 3.63) is 29.8 Å². The molecule has 1 saturated heterocycles. The maximum absolute atomic E-state index is 12.4. The van der Waals surface area contributed by atoms with Crippen LogP contribution in [0.2, 0.25) is 0 Å². The van der Waals surface area contributed by atoms with Crippen molar-refractivity contribution >= 4 is 11.6 Å². The van der Waals surface area contributed by atoms with Gasteiger partial charge in [-0.2, -0.15) is 0 Å². The summed E-state index contributed by atoms with van der Waals surface area (Å²) in [5, 5.41) is 12.4. The number of amides is 1. The van der Waals surface area contributed by atoms with Gasteiger partial charge in [0.1, 0.15) is 0 Å². The smallest absolute Gasteiger partial charge is 0.223 e. The number of nitrogens with one attached hydrogen (secondary N) is 1. The standard InChI is InChI=1S/C21H30N2O2/c24-14-16-9-11-23(12-10-16)17-7-5-15(6-8-17)13-22-21(25)20-18-3-1-2-4-19(18)20/h5-8,16,18-20,24H,1-4,9-14H2,(H,22,25). The summed E-state index contributed by atoms with van der Waals surface area (Å²) in [5.41, 5.74) is 2.42. The van der Waals surface area contributed by atoms with Gasteiger partial charge in [0.2, 0.25) is 5.91 Å². The molecule has 1 aromatic carbocycles. The van der Waals surface area contributed by atoms with Crippen LogP contribution in [0.4, 0.5) is 5.69 Å². The van der Waals surface area contributed by atoms with Gasteiger partial charge in [-0.05, 0) is 61.1 Å². The number of piperidine rings is 1. The minimum Gasteiger partial charge on any atom is -0.396 e. The molecular weight excluding hydrogens is 312 g/mol. The number of aliphatic hydroxyl groups is 1. The summed E-state index contributed by atoms with van der Waals surface area (Å²) in [6.07, 6.45) is 7.26. The van der Waals surface area contributed by atoms with E-state index in [9.17, 15) is 9.90 Å². The maximum atomic E-state index is 12.4. The zero-order chi connectivity index (χ0) is 17.2. The first kappa shape index (κ1) is 16.9. The van der Waals surface area contributed by atoms with Crippen LogP contribution in [0.15, 0.2) is 24.3 Å². The van der Waals surface area contributed by atoms with E-state index < -0.39 is 0 Å². The van der Waals surface area contributed by atoms with Crippen LogP contribution in [0, 0.1) is 23.7 Å². The summed E-state index contributed by atoms with van der Waals surface area (Å²) in [5.74, 6) is 2.40. The third-order valence-corrected chi connectivity index (χ3v) is 6.60. The quantitative estimate of drug-likeness (QED) is 0.865. The normalized spacial score (nSPS) is 29.2. The van der Waals surface area contributed by atoms with Gasteiger partial charge in [-0.1, -0.05) is 25.0 Å². The Kier molecular flexibility index (Phi) is 4.98. The lowest BCUT2D eigenvalue weighted by Gasteiger charge is -2.33. The minimum atomic E-state index is 0.270. The number of rotatable bonds is 5. The van der Waals surface area contributed by atoms with E-state index in [2.05, 4.69) is 34.5 Å². The van der Waals surface area contributed by atoms with Gasteiger partial charge < -0.3 is 15.3 Å². The topological polar surface area (TPSA) is 52.6 Å². The van der Waals surface area contributed by atoms with E-state index in [0.29, 0.717) is 36.8 Å². The number of aliphatic hydroxyl groups excluding tert-OH is 1. The molecule has 0 bridgehead atoms. The summed E-state index contributed by atoms with van der Waals surface area (Å²) in [6, 6.07) is 8.59. The maximum Gasteiger partial charge on any atom is 0.223 e. The molecule has 3 fully saturated rings. The largest absolute Gasteiger partial charge is 0.396 e. The molecule has 25 heavy (non-hydrogen) atoms. The SMILES string of the molecule is O=C(NCc1ccc(N2CCC(CO)CC2)cc1)C1C2CCCCC21. The van der Waals surface area contributed by atoms with E-state index in [1.165, 1.54) is 36.9 Å². The molecule has 1 aliphatic heterocycles. The summed E-state index contributed by atoms with van der Waals surface area (Å²) in [4.78, 5) is 14.8. The molecule has 0 spiro atoms. The molecule has 2 N–H and O–H groups in total. The van der Waals surface area contributed by atoms with Crippen LogP contribution in [0.1, 0.15) is 44.1 Å². The summed E-state index contributed by atoms with van der Waals surface area (Å²) in [7, 11) is 0. The van der Waals surface area contributed by atoms with Crippen molar-refractivity contribution in [1.82, 2.24) is 5.32 Å². The highest BCUT2D eigenvalue weighted by Gasteiger charge is 2.54. The van der Waals surface area contributed by atoms with Gasteiger partial charge in [-0.25, -0.2) is 0 Å². The molecule has 1 heterocycles. The monoisotopic (exact) mass is 342 g/mol. The number of hydrogen-bond acceptors (Lipinski definition) is 3. The Morgan fingerprint density at radius 2 is 1.68 bits per heavy atom. The van der Waals surface area contributed by atoms with Gasteiger partial charge in [0.25, 0.3) is 0 Å². The molecule has 2 atom stereocenters. The number of benzene rings is 1. The number of carbonyl (C=O) groups is 1. The van der Waals surface area contributed by atoms with E-state index in [0.717, 1.165) is 25.9 Å². The van der Waals surface area contributed by atoms with Crippen molar-refractivity contribution < 1.29 is 9.90 Å². The summed E-state index contributed by atoms with van der Waals surface area (Å²) < 4.78 is 0. The molecule has 2 saturated carbocycles. The molecule has 1 amide bonds. The first-order valence-corrected chi connectivity index (χ1v) is 9.98. The molecule has 4 rings (SSSR count). The van der Waals surface area contributed by atoms with Crippen LogP contribution in [0.5, 0.6) is 0 Å². The Morgan fingerprint density at radius 3 is 2.28 bits per heavy atom. The second-order valence-corrected chi connectivity index (χ2v) is 8.14.